The molecule has 1 rings (SSSR count). The summed E-state index contributed by atoms with van der Waals surface area (Å²) in [6, 6.07) is 0.492. The molecule has 1 aliphatic rings. The summed E-state index contributed by atoms with van der Waals surface area (Å²) < 4.78 is 4.88. The molecule has 0 spiro atoms. The molecule has 0 unspecified atom stereocenters. The third kappa shape index (κ3) is 3.27. The molecular weight excluding hydrogens is 180 g/mol. The fourth-order valence-electron chi connectivity index (χ4n) is 1.47. The largest absolute Gasteiger partial charge is 0.383 e. The zero-order valence-corrected chi connectivity index (χ0v) is 9.08. The maximum atomic E-state index is 11.6. The summed E-state index contributed by atoms with van der Waals surface area (Å²) in [5.74, 6) is 0.186. The third-order valence-electron chi connectivity index (χ3n) is 2.77. The molecule has 0 radical (unpaired) electrons. The van der Waals surface area contributed by atoms with E-state index in [9.17, 15) is 4.79 Å². The van der Waals surface area contributed by atoms with E-state index in [1.807, 2.05) is 11.9 Å². The summed E-state index contributed by atoms with van der Waals surface area (Å²) >= 11 is 0. The normalized spacial score (nSPS) is 16.4. The van der Waals surface area contributed by atoms with Crippen LogP contribution in [0.3, 0.4) is 0 Å². The highest BCUT2D eigenvalue weighted by Crippen LogP contribution is 2.23. The van der Waals surface area contributed by atoms with Crippen molar-refractivity contribution in [1.29, 1.82) is 0 Å². The molecule has 0 aromatic rings. The number of nitrogens with one attached hydrogen (secondary N) is 1. The van der Waals surface area contributed by atoms with E-state index in [-0.39, 0.29) is 5.91 Å². The summed E-state index contributed by atoms with van der Waals surface area (Å²) in [7, 11) is 3.55. The lowest BCUT2D eigenvalue weighted by Crippen LogP contribution is -2.45. The van der Waals surface area contributed by atoms with Gasteiger partial charge in [0.15, 0.2) is 0 Å². The topological polar surface area (TPSA) is 41.6 Å². The van der Waals surface area contributed by atoms with Crippen molar-refractivity contribution in [2.24, 2.45) is 0 Å². The Labute approximate surface area is 85.6 Å². The van der Waals surface area contributed by atoms with Gasteiger partial charge >= 0.3 is 0 Å². The van der Waals surface area contributed by atoms with Crippen LogP contribution in [0, 0.1) is 0 Å². The van der Waals surface area contributed by atoms with Gasteiger partial charge in [-0.15, -0.1) is 0 Å². The predicted molar refractivity (Wildman–Crippen MR) is 55.2 cm³/mol. The summed E-state index contributed by atoms with van der Waals surface area (Å²) in [4.78, 5) is 13.4. The third-order valence-corrected chi connectivity index (χ3v) is 2.77. The number of rotatable bonds is 6. The number of carbonyl (C=O) groups excluding carboxylic acids is 1. The van der Waals surface area contributed by atoms with Crippen molar-refractivity contribution in [3.05, 3.63) is 0 Å². The summed E-state index contributed by atoms with van der Waals surface area (Å²) in [5, 5.41) is 3.05. The second-order valence-electron chi connectivity index (χ2n) is 3.76. The van der Waals surface area contributed by atoms with Gasteiger partial charge in [-0.05, 0) is 19.3 Å². The lowest BCUT2D eigenvalue weighted by atomic mass is 9.92. The number of carbonyl (C=O) groups is 1. The van der Waals surface area contributed by atoms with Crippen LogP contribution in [0.2, 0.25) is 0 Å². The minimum Gasteiger partial charge on any atom is -0.383 e. The maximum Gasteiger partial charge on any atom is 0.236 e. The molecule has 0 bridgehead atoms. The first-order valence-corrected chi connectivity index (χ1v) is 5.21. The smallest absolute Gasteiger partial charge is 0.236 e. The van der Waals surface area contributed by atoms with E-state index in [0.717, 1.165) is 6.54 Å². The van der Waals surface area contributed by atoms with Crippen molar-refractivity contribution in [2.45, 2.75) is 25.3 Å². The fourth-order valence-corrected chi connectivity index (χ4v) is 1.47. The first kappa shape index (κ1) is 11.5. The minimum absolute atomic E-state index is 0.186. The number of hydrogen-bond donors (Lipinski definition) is 1. The number of methoxy groups -OCH3 is 1. The molecule has 0 aromatic heterocycles. The number of likely N-dealkylation sites (N-methyl/N-ethyl adjacent to an activating group) is 1. The first-order chi connectivity index (χ1) is 6.75. The molecule has 1 saturated carbocycles. The van der Waals surface area contributed by atoms with Crippen LogP contribution in [0.5, 0.6) is 0 Å². The Bertz CT molecular complexity index is 181. The number of ether oxygens (including phenoxy) is 1. The van der Waals surface area contributed by atoms with Crippen molar-refractivity contribution in [2.75, 3.05) is 33.9 Å². The van der Waals surface area contributed by atoms with E-state index < -0.39 is 0 Å². The first-order valence-electron chi connectivity index (χ1n) is 5.21. The molecule has 0 atom stereocenters. The van der Waals surface area contributed by atoms with Gasteiger partial charge in [0.2, 0.25) is 5.91 Å². The average molecular weight is 200 g/mol. The molecule has 0 saturated heterocycles. The zero-order chi connectivity index (χ0) is 10.4. The standard InChI is InChI=1S/C10H20N2O2/c1-12(9-4-3-5-9)10(13)8-11-6-7-14-2/h9,11H,3-8H2,1-2H3. The molecule has 1 N–H and O–H groups in total. The maximum absolute atomic E-state index is 11.6. The Hall–Kier alpha value is -0.610. The van der Waals surface area contributed by atoms with Crippen LogP contribution >= 0.6 is 0 Å². The minimum atomic E-state index is 0.186. The molecule has 0 aromatic carbocycles. The molecule has 1 fully saturated rings. The Morgan fingerprint density at radius 1 is 1.57 bits per heavy atom. The van der Waals surface area contributed by atoms with Crippen molar-refractivity contribution in [3.8, 4) is 0 Å². The molecule has 0 heterocycles. The second-order valence-corrected chi connectivity index (χ2v) is 3.76. The van der Waals surface area contributed by atoms with Crippen molar-refractivity contribution < 1.29 is 9.53 Å². The summed E-state index contributed by atoms with van der Waals surface area (Å²) in [5.41, 5.74) is 0. The highest BCUT2D eigenvalue weighted by atomic mass is 16.5. The predicted octanol–water partition coefficient (Wildman–Crippen LogP) is 0.233. The van der Waals surface area contributed by atoms with Gasteiger partial charge in [-0.25, -0.2) is 0 Å². The molecule has 1 aliphatic carbocycles. The Balaban J connectivity index is 2.07. The zero-order valence-electron chi connectivity index (χ0n) is 9.08. The highest BCUT2D eigenvalue weighted by Gasteiger charge is 2.24. The van der Waals surface area contributed by atoms with Gasteiger partial charge in [-0.2, -0.15) is 0 Å². The van der Waals surface area contributed by atoms with Crippen LogP contribution in [-0.2, 0) is 9.53 Å². The molecular formula is C10H20N2O2. The summed E-state index contributed by atoms with van der Waals surface area (Å²) in [6.45, 7) is 1.82. The Kier molecular flexibility index (Phi) is 4.90. The van der Waals surface area contributed by atoms with Crippen molar-refractivity contribution >= 4 is 5.91 Å². The van der Waals surface area contributed by atoms with E-state index in [0.29, 0.717) is 19.2 Å². The van der Waals surface area contributed by atoms with Crippen LogP contribution in [0.1, 0.15) is 19.3 Å². The quantitative estimate of drug-likeness (QED) is 0.624. The molecule has 4 heteroatoms. The molecule has 14 heavy (non-hydrogen) atoms. The highest BCUT2D eigenvalue weighted by molar-refractivity contribution is 5.78. The van der Waals surface area contributed by atoms with Gasteiger partial charge in [0.1, 0.15) is 0 Å². The van der Waals surface area contributed by atoms with Gasteiger partial charge in [-0.3, -0.25) is 4.79 Å². The van der Waals surface area contributed by atoms with Crippen molar-refractivity contribution in [1.82, 2.24) is 10.2 Å². The van der Waals surface area contributed by atoms with Gasteiger partial charge < -0.3 is 15.0 Å². The lowest BCUT2D eigenvalue weighted by Gasteiger charge is -2.34. The summed E-state index contributed by atoms with van der Waals surface area (Å²) in [6.07, 6.45) is 3.60. The van der Waals surface area contributed by atoms with Gasteiger partial charge in [0.25, 0.3) is 0 Å². The Morgan fingerprint density at radius 2 is 2.29 bits per heavy atom. The molecule has 4 nitrogen and oxygen atoms in total. The van der Waals surface area contributed by atoms with E-state index >= 15 is 0 Å². The van der Waals surface area contributed by atoms with Crippen molar-refractivity contribution in [3.63, 3.8) is 0 Å². The average Bonchev–Trinajstić information content (AvgIpc) is 2.09. The second kappa shape index (κ2) is 5.98. The monoisotopic (exact) mass is 200 g/mol. The number of amides is 1. The molecule has 1 amide bonds. The van der Waals surface area contributed by atoms with E-state index in [1.54, 1.807) is 7.11 Å². The van der Waals surface area contributed by atoms with E-state index in [4.69, 9.17) is 4.74 Å². The van der Waals surface area contributed by atoms with Crippen LogP contribution in [0.25, 0.3) is 0 Å². The Morgan fingerprint density at radius 3 is 2.79 bits per heavy atom. The van der Waals surface area contributed by atoms with Gasteiger partial charge in [-0.1, -0.05) is 0 Å². The molecule has 0 aliphatic heterocycles. The van der Waals surface area contributed by atoms with Crippen LogP contribution in [-0.4, -0.2) is 50.7 Å². The molecule has 82 valence electrons. The lowest BCUT2D eigenvalue weighted by molar-refractivity contribution is -0.132. The fraction of sp³-hybridized carbons (Fsp3) is 0.900. The van der Waals surface area contributed by atoms with E-state index in [1.165, 1.54) is 19.3 Å². The van der Waals surface area contributed by atoms with Crippen LogP contribution < -0.4 is 5.32 Å². The van der Waals surface area contributed by atoms with E-state index in [2.05, 4.69) is 5.32 Å². The SMILES string of the molecule is COCCNCC(=O)N(C)C1CCC1. The van der Waals surface area contributed by atoms with Crippen LogP contribution in [0.4, 0.5) is 0 Å². The van der Waals surface area contributed by atoms with Crippen LogP contribution in [0.15, 0.2) is 0 Å². The van der Waals surface area contributed by atoms with Gasteiger partial charge in [0.05, 0.1) is 13.2 Å². The number of nitrogens with zero attached hydrogens (tertiary/aromatic N) is 1. The van der Waals surface area contributed by atoms with Gasteiger partial charge in [0, 0.05) is 26.7 Å². The number of hydrogen-bond acceptors (Lipinski definition) is 3.